The second kappa shape index (κ2) is 8.22. The second-order valence-corrected chi connectivity index (χ2v) is 7.89. The van der Waals surface area contributed by atoms with E-state index in [9.17, 15) is 8.78 Å². The summed E-state index contributed by atoms with van der Waals surface area (Å²) >= 11 is 0. The lowest BCUT2D eigenvalue weighted by molar-refractivity contribution is 0.400. The summed E-state index contributed by atoms with van der Waals surface area (Å²) < 4.78 is 32.9. The minimum atomic E-state index is -0.936. The molecule has 0 saturated carbocycles. The third-order valence-corrected chi connectivity index (χ3v) is 5.69. The van der Waals surface area contributed by atoms with Crippen LogP contribution >= 0.6 is 0 Å². The van der Waals surface area contributed by atoms with E-state index < -0.39 is 11.6 Å². The van der Waals surface area contributed by atoms with Crippen molar-refractivity contribution in [3.8, 4) is 28.3 Å². The van der Waals surface area contributed by atoms with E-state index in [1.807, 2.05) is 49.7 Å². The highest BCUT2D eigenvalue weighted by molar-refractivity contribution is 6.56. The van der Waals surface area contributed by atoms with Gasteiger partial charge in [0.15, 0.2) is 17.5 Å². The summed E-state index contributed by atoms with van der Waals surface area (Å²) in [7, 11) is 2.04. The predicted octanol–water partition coefficient (Wildman–Crippen LogP) is 5.06. The lowest BCUT2D eigenvalue weighted by Crippen LogP contribution is -2.09. The maximum absolute atomic E-state index is 13.8. The Morgan fingerprint density at radius 3 is 2.59 bits per heavy atom. The average molecular weight is 449 g/mol. The van der Waals surface area contributed by atoms with Crippen molar-refractivity contribution in [2.24, 2.45) is 0 Å². The SMILES string of the molecule is Fc1ccc(Nc2nc(-c3cccnc3)nc3cc(-c4ccc5c(c4)OC[B]5)ccc23)cc1F. The summed E-state index contributed by atoms with van der Waals surface area (Å²) in [5, 5.41) is 3.86. The number of fused-ring (bicyclic) bond motifs is 2. The molecule has 0 saturated heterocycles. The van der Waals surface area contributed by atoms with Crippen molar-refractivity contribution < 1.29 is 13.5 Å². The van der Waals surface area contributed by atoms with Gasteiger partial charge in [0.05, 0.1) is 12.0 Å². The largest absolute Gasteiger partial charge is 0.503 e. The Morgan fingerprint density at radius 2 is 1.74 bits per heavy atom. The molecule has 2 aromatic heterocycles. The fourth-order valence-corrected chi connectivity index (χ4v) is 3.97. The van der Waals surface area contributed by atoms with Gasteiger partial charge in [-0.3, -0.25) is 4.98 Å². The Labute approximate surface area is 194 Å². The van der Waals surface area contributed by atoms with Gasteiger partial charge < -0.3 is 10.1 Å². The fourth-order valence-electron chi connectivity index (χ4n) is 3.97. The van der Waals surface area contributed by atoms with Crippen LogP contribution in [0.4, 0.5) is 20.3 Å². The highest BCUT2D eigenvalue weighted by Gasteiger charge is 2.16. The molecule has 3 heterocycles. The van der Waals surface area contributed by atoms with Gasteiger partial charge >= 0.3 is 0 Å². The number of ether oxygens (including phenoxy) is 1. The molecule has 8 heteroatoms. The topological polar surface area (TPSA) is 59.9 Å². The number of rotatable bonds is 4. The van der Waals surface area contributed by atoms with Crippen LogP contribution in [-0.2, 0) is 0 Å². The van der Waals surface area contributed by atoms with Crippen LogP contribution in [0.3, 0.4) is 0 Å². The van der Waals surface area contributed by atoms with Crippen molar-refractivity contribution in [3.05, 3.63) is 90.8 Å². The van der Waals surface area contributed by atoms with Crippen molar-refractivity contribution in [2.45, 2.75) is 0 Å². The Hall–Kier alpha value is -4.33. The van der Waals surface area contributed by atoms with E-state index in [0.717, 1.165) is 45.4 Å². The maximum atomic E-state index is 13.8. The van der Waals surface area contributed by atoms with Crippen molar-refractivity contribution in [2.75, 3.05) is 11.8 Å². The van der Waals surface area contributed by atoms with Crippen molar-refractivity contribution in [1.82, 2.24) is 15.0 Å². The molecule has 5 nitrogen and oxygen atoms in total. The first-order valence-electron chi connectivity index (χ1n) is 10.7. The van der Waals surface area contributed by atoms with Gasteiger partial charge in [0.1, 0.15) is 11.6 Å². The van der Waals surface area contributed by atoms with Crippen LogP contribution in [-0.4, -0.2) is 28.7 Å². The Kier molecular flexibility index (Phi) is 4.91. The first-order chi connectivity index (χ1) is 16.6. The number of benzene rings is 3. The molecular weight excluding hydrogens is 433 g/mol. The average Bonchev–Trinajstić information content (AvgIpc) is 3.34. The zero-order valence-electron chi connectivity index (χ0n) is 17.8. The lowest BCUT2D eigenvalue weighted by atomic mass is 9.73. The third-order valence-electron chi connectivity index (χ3n) is 5.69. The monoisotopic (exact) mass is 449 g/mol. The van der Waals surface area contributed by atoms with Crippen LogP contribution in [0.5, 0.6) is 5.75 Å². The maximum Gasteiger partial charge on any atom is 0.206 e. The number of hydrogen-bond acceptors (Lipinski definition) is 5. The van der Waals surface area contributed by atoms with Crippen molar-refractivity contribution in [3.63, 3.8) is 0 Å². The van der Waals surface area contributed by atoms with Crippen LogP contribution in [0.25, 0.3) is 33.4 Å². The molecule has 34 heavy (non-hydrogen) atoms. The number of nitrogens with zero attached hydrogens (tertiary/aromatic N) is 3. The number of hydrogen-bond donors (Lipinski definition) is 1. The van der Waals surface area contributed by atoms with E-state index in [0.29, 0.717) is 29.4 Å². The molecule has 1 aliphatic rings. The minimum Gasteiger partial charge on any atom is -0.503 e. The normalized spacial score (nSPS) is 12.2. The molecule has 0 spiro atoms. The highest BCUT2D eigenvalue weighted by Crippen LogP contribution is 2.32. The molecule has 3 aromatic carbocycles. The van der Waals surface area contributed by atoms with Gasteiger partial charge in [-0.2, -0.15) is 0 Å². The zero-order chi connectivity index (χ0) is 23.1. The molecule has 0 fully saturated rings. The van der Waals surface area contributed by atoms with Gasteiger partial charge in [-0.25, -0.2) is 18.7 Å². The van der Waals surface area contributed by atoms with Gasteiger partial charge in [-0.05, 0) is 59.1 Å². The number of aromatic nitrogens is 3. The Balaban J connectivity index is 1.49. The van der Waals surface area contributed by atoms with Crippen LogP contribution in [0.15, 0.2) is 79.1 Å². The standard InChI is InChI=1S/C26H16BF2N4O/c28-21-8-5-18(12-22(21)29)31-26-19-6-3-15(16-4-7-20-24(11-16)34-14-27-20)10-23(19)32-25(33-26)17-2-1-9-30-13-17/h1-13H,14H2,(H,31,32,33). The number of pyridine rings is 1. The molecule has 1 radical (unpaired) electrons. The highest BCUT2D eigenvalue weighted by atomic mass is 19.2. The van der Waals surface area contributed by atoms with Crippen LogP contribution in [0, 0.1) is 11.6 Å². The summed E-state index contributed by atoms with van der Waals surface area (Å²) in [6, 6.07) is 19.3. The van der Waals surface area contributed by atoms with E-state index in [1.165, 1.54) is 6.07 Å². The van der Waals surface area contributed by atoms with E-state index in [4.69, 9.17) is 9.72 Å². The van der Waals surface area contributed by atoms with Gasteiger partial charge in [-0.1, -0.05) is 18.2 Å². The van der Waals surface area contributed by atoms with Gasteiger partial charge in [0.25, 0.3) is 0 Å². The summed E-state index contributed by atoms with van der Waals surface area (Å²) in [4.78, 5) is 13.6. The molecule has 1 N–H and O–H groups in total. The smallest absolute Gasteiger partial charge is 0.206 e. The summed E-state index contributed by atoms with van der Waals surface area (Å²) in [5.41, 5.74) is 4.89. The summed E-state index contributed by atoms with van der Waals surface area (Å²) in [6.07, 6.45) is 3.36. The van der Waals surface area contributed by atoms with E-state index in [-0.39, 0.29) is 0 Å². The molecule has 6 rings (SSSR count). The van der Waals surface area contributed by atoms with Gasteiger partial charge in [-0.15, -0.1) is 0 Å². The molecule has 0 aliphatic carbocycles. The quantitative estimate of drug-likeness (QED) is 0.389. The Bertz CT molecular complexity index is 1550. The second-order valence-electron chi connectivity index (χ2n) is 7.89. The zero-order valence-corrected chi connectivity index (χ0v) is 17.8. The van der Waals surface area contributed by atoms with Gasteiger partial charge in [0.2, 0.25) is 7.28 Å². The van der Waals surface area contributed by atoms with Crippen molar-refractivity contribution >= 4 is 35.2 Å². The molecule has 0 atom stereocenters. The predicted molar refractivity (Wildman–Crippen MR) is 129 cm³/mol. The van der Waals surface area contributed by atoms with E-state index in [2.05, 4.69) is 21.4 Å². The van der Waals surface area contributed by atoms with Crippen LogP contribution in [0.2, 0.25) is 0 Å². The molecule has 0 amide bonds. The number of nitrogens with one attached hydrogen (secondary N) is 1. The Morgan fingerprint density at radius 1 is 0.853 bits per heavy atom. The molecule has 0 unspecified atom stereocenters. The summed E-state index contributed by atoms with van der Waals surface area (Å²) in [6.45, 7) is 0.581. The van der Waals surface area contributed by atoms with Crippen LogP contribution in [0.1, 0.15) is 0 Å². The first kappa shape index (κ1) is 20.3. The molecule has 0 bridgehead atoms. The third kappa shape index (κ3) is 3.73. The number of anilines is 2. The lowest BCUT2D eigenvalue weighted by Gasteiger charge is -2.13. The number of halogens is 2. The minimum absolute atomic E-state index is 0.382. The molecular formula is C26H16BF2N4O. The fraction of sp³-hybridized carbons (Fsp3) is 0.0385. The van der Waals surface area contributed by atoms with Gasteiger partial charge in [0, 0.05) is 35.1 Å². The summed E-state index contributed by atoms with van der Waals surface area (Å²) in [5.74, 6) is -0.0380. The molecule has 1 aliphatic heterocycles. The first-order valence-corrected chi connectivity index (χ1v) is 10.7. The van der Waals surface area contributed by atoms with Crippen molar-refractivity contribution in [1.29, 1.82) is 0 Å². The molecule has 5 aromatic rings. The van der Waals surface area contributed by atoms with E-state index in [1.54, 1.807) is 12.4 Å². The molecule has 163 valence electrons. The van der Waals surface area contributed by atoms with Crippen LogP contribution < -0.4 is 15.5 Å². The van der Waals surface area contributed by atoms with E-state index >= 15 is 0 Å².